The van der Waals surface area contributed by atoms with Crippen LogP contribution in [0.1, 0.15) is 90.9 Å². The molecule has 16 heavy (non-hydrogen) atoms. The van der Waals surface area contributed by atoms with Crippen LogP contribution in [0.5, 0.6) is 0 Å². The molecule has 0 saturated carbocycles. The Morgan fingerprint density at radius 2 is 1.25 bits per heavy atom. The van der Waals surface area contributed by atoms with Crippen molar-refractivity contribution in [2.45, 2.75) is 90.9 Å². The van der Waals surface area contributed by atoms with Gasteiger partial charge in [0.1, 0.15) is 0 Å². The number of hydrogen-bond acceptors (Lipinski definition) is 0. The first-order valence-electron chi connectivity index (χ1n) is 7.46. The zero-order valence-corrected chi connectivity index (χ0v) is 11.6. The molecule has 1 radical (unpaired) electrons. The second kappa shape index (κ2) is 14.7. The molecule has 0 heterocycles. The van der Waals surface area contributed by atoms with E-state index in [4.69, 9.17) is 0 Å². The minimum atomic E-state index is 1.17. The molecule has 0 atom stereocenters. The summed E-state index contributed by atoms with van der Waals surface area (Å²) in [6, 6.07) is 0. The fraction of sp³-hybridized carbons (Fsp3) is 0.875. The van der Waals surface area contributed by atoms with E-state index in [9.17, 15) is 0 Å². The largest absolute Gasteiger partial charge is 0.0811 e. The number of unbranched alkanes of at least 4 members (excludes halogenated alkanes) is 10. The summed E-state index contributed by atoms with van der Waals surface area (Å²) in [7, 11) is 0. The van der Waals surface area contributed by atoms with Gasteiger partial charge in [-0.15, -0.1) is 0 Å². The van der Waals surface area contributed by atoms with E-state index in [1.165, 1.54) is 77.0 Å². The van der Waals surface area contributed by atoms with Crippen molar-refractivity contribution in [2.75, 3.05) is 0 Å². The van der Waals surface area contributed by atoms with Crippen LogP contribution in [0.2, 0.25) is 0 Å². The highest BCUT2D eigenvalue weighted by Gasteiger charge is 1.89. The maximum absolute atomic E-state index is 3.41. The van der Waals surface area contributed by atoms with Crippen molar-refractivity contribution >= 4 is 0 Å². The molecule has 0 aliphatic carbocycles. The lowest BCUT2D eigenvalue weighted by Gasteiger charge is -1.98. The molecule has 0 unspecified atom stereocenters. The molecule has 0 bridgehead atoms. The number of rotatable bonds is 12. The average Bonchev–Trinajstić information content (AvgIpc) is 2.31. The number of hydrogen-bond donors (Lipinski definition) is 0. The van der Waals surface area contributed by atoms with Crippen LogP contribution in [0.15, 0.2) is 6.08 Å². The topological polar surface area (TPSA) is 0 Å². The Labute approximate surface area is 104 Å². The van der Waals surface area contributed by atoms with Gasteiger partial charge in [-0.3, -0.25) is 0 Å². The Hall–Kier alpha value is -0.260. The van der Waals surface area contributed by atoms with Crippen LogP contribution in [0.3, 0.4) is 0 Å². The predicted octanol–water partition coefficient (Wildman–Crippen LogP) is 6.07. The highest BCUT2D eigenvalue weighted by Crippen LogP contribution is 2.08. The lowest BCUT2D eigenvalue weighted by molar-refractivity contribution is 0.591. The normalized spacial score (nSPS) is 11.4. The lowest BCUT2D eigenvalue weighted by Crippen LogP contribution is -1.79. The highest BCUT2D eigenvalue weighted by atomic mass is 14.0. The van der Waals surface area contributed by atoms with Crippen LogP contribution < -0.4 is 0 Å². The third-order valence-corrected chi connectivity index (χ3v) is 3.02. The Morgan fingerprint density at radius 1 is 0.688 bits per heavy atom. The third-order valence-electron chi connectivity index (χ3n) is 3.02. The molecule has 95 valence electrons. The fourth-order valence-corrected chi connectivity index (χ4v) is 1.88. The molecule has 0 amide bonds. The highest BCUT2D eigenvalue weighted by molar-refractivity contribution is 4.73. The lowest BCUT2D eigenvalue weighted by atomic mass is 10.1. The van der Waals surface area contributed by atoms with Gasteiger partial charge in [-0.25, -0.2) is 0 Å². The fourth-order valence-electron chi connectivity index (χ4n) is 1.88. The van der Waals surface area contributed by atoms with E-state index in [0.717, 1.165) is 0 Å². The van der Waals surface area contributed by atoms with E-state index in [-0.39, 0.29) is 0 Å². The van der Waals surface area contributed by atoms with Crippen molar-refractivity contribution in [1.29, 1.82) is 0 Å². The molecule has 0 rings (SSSR count). The van der Waals surface area contributed by atoms with Gasteiger partial charge < -0.3 is 0 Å². The molecule has 0 saturated heterocycles. The molecular weight excluding hydrogens is 192 g/mol. The summed E-state index contributed by atoms with van der Waals surface area (Å²) in [5.41, 5.74) is 0. The summed E-state index contributed by atoms with van der Waals surface area (Å²) in [4.78, 5) is 0. The van der Waals surface area contributed by atoms with Crippen molar-refractivity contribution < 1.29 is 0 Å². The van der Waals surface area contributed by atoms with Crippen molar-refractivity contribution in [2.24, 2.45) is 0 Å². The van der Waals surface area contributed by atoms with Gasteiger partial charge in [0.25, 0.3) is 0 Å². The van der Waals surface area contributed by atoms with Crippen LogP contribution in [0.4, 0.5) is 0 Å². The third kappa shape index (κ3) is 13.7. The summed E-state index contributed by atoms with van der Waals surface area (Å²) in [6.45, 7) is 4.53. The van der Waals surface area contributed by atoms with Gasteiger partial charge in [0.05, 0.1) is 0 Å². The molecule has 0 nitrogen and oxygen atoms in total. The Bertz CT molecular complexity index is 135. The van der Waals surface area contributed by atoms with Gasteiger partial charge in [0.15, 0.2) is 0 Å². The van der Waals surface area contributed by atoms with Crippen LogP contribution in [-0.4, -0.2) is 0 Å². The molecule has 0 aliphatic rings. The molecule has 0 aromatic heterocycles. The summed E-state index contributed by atoms with van der Waals surface area (Å²) in [5.74, 6) is 0. The van der Waals surface area contributed by atoms with Gasteiger partial charge in [-0.2, -0.15) is 0 Å². The van der Waals surface area contributed by atoms with Crippen LogP contribution in [0, 0.1) is 6.08 Å². The molecule has 0 N–H and O–H groups in total. The summed E-state index contributed by atoms with van der Waals surface area (Å²) in [5, 5.41) is 0. The van der Waals surface area contributed by atoms with Crippen molar-refractivity contribution in [3.05, 3.63) is 12.2 Å². The molecule has 0 heteroatoms. The second-order valence-corrected chi connectivity index (χ2v) is 4.78. The predicted molar refractivity (Wildman–Crippen MR) is 74.6 cm³/mol. The molecule has 0 aromatic carbocycles. The van der Waals surface area contributed by atoms with E-state index in [1.807, 2.05) is 0 Å². The SMILES string of the molecule is CCCCC[C]=CCCCCCCCCC. The Balaban J connectivity index is 2.97. The van der Waals surface area contributed by atoms with Crippen molar-refractivity contribution in [3.63, 3.8) is 0 Å². The van der Waals surface area contributed by atoms with Gasteiger partial charge in [-0.1, -0.05) is 71.3 Å². The molecule has 0 fully saturated rings. The minimum absolute atomic E-state index is 1.17. The van der Waals surface area contributed by atoms with Crippen LogP contribution in [-0.2, 0) is 0 Å². The van der Waals surface area contributed by atoms with E-state index in [2.05, 4.69) is 26.0 Å². The van der Waals surface area contributed by atoms with Crippen LogP contribution >= 0.6 is 0 Å². The van der Waals surface area contributed by atoms with E-state index in [1.54, 1.807) is 0 Å². The van der Waals surface area contributed by atoms with E-state index >= 15 is 0 Å². The first kappa shape index (κ1) is 15.7. The van der Waals surface area contributed by atoms with Gasteiger partial charge in [0, 0.05) is 0 Å². The average molecular weight is 223 g/mol. The summed E-state index contributed by atoms with van der Waals surface area (Å²) < 4.78 is 0. The standard InChI is InChI=1S/C16H31/c1-3-5-7-9-11-13-15-16-14-12-10-8-6-4-2/h14H,3-11,13,15-16H2,1-2H3. The van der Waals surface area contributed by atoms with E-state index in [0.29, 0.717) is 0 Å². The first-order valence-corrected chi connectivity index (χ1v) is 7.46. The first-order chi connectivity index (χ1) is 7.91. The number of allylic oxidation sites excluding steroid dienone is 2. The maximum Gasteiger partial charge on any atom is -0.0279 e. The Morgan fingerprint density at radius 3 is 1.94 bits per heavy atom. The molecular formula is C16H31. The molecule has 0 aromatic rings. The zero-order valence-electron chi connectivity index (χ0n) is 11.6. The van der Waals surface area contributed by atoms with E-state index < -0.39 is 0 Å². The molecule has 0 aliphatic heterocycles. The van der Waals surface area contributed by atoms with Crippen molar-refractivity contribution in [1.82, 2.24) is 0 Å². The van der Waals surface area contributed by atoms with Gasteiger partial charge >= 0.3 is 0 Å². The maximum atomic E-state index is 3.41. The summed E-state index contributed by atoms with van der Waals surface area (Å²) in [6.07, 6.45) is 22.0. The smallest absolute Gasteiger partial charge is 0.0279 e. The molecule has 0 spiro atoms. The van der Waals surface area contributed by atoms with Crippen LogP contribution in [0.25, 0.3) is 0 Å². The quantitative estimate of drug-likeness (QED) is 0.352. The Kier molecular flexibility index (Phi) is 14.5. The summed E-state index contributed by atoms with van der Waals surface area (Å²) >= 11 is 0. The van der Waals surface area contributed by atoms with Gasteiger partial charge in [-0.05, 0) is 31.8 Å². The van der Waals surface area contributed by atoms with Crippen molar-refractivity contribution in [3.8, 4) is 0 Å². The minimum Gasteiger partial charge on any atom is -0.0811 e. The monoisotopic (exact) mass is 223 g/mol. The second-order valence-electron chi connectivity index (χ2n) is 4.78. The van der Waals surface area contributed by atoms with Gasteiger partial charge in [0.2, 0.25) is 0 Å². The zero-order chi connectivity index (χ0) is 11.9.